The highest BCUT2D eigenvalue weighted by Crippen LogP contribution is 2.25. The molecule has 1 amide bonds. The molecule has 1 aromatic heterocycles. The maximum atomic E-state index is 12.2. The number of carboxylic acids is 1. The average molecular weight is 313 g/mol. The summed E-state index contributed by atoms with van der Waals surface area (Å²) in [6.45, 7) is 1.97. The van der Waals surface area contributed by atoms with Gasteiger partial charge in [0.2, 0.25) is 0 Å². The number of benzene rings is 1. The van der Waals surface area contributed by atoms with Crippen LogP contribution in [0.5, 0.6) is 0 Å². The third kappa shape index (κ3) is 3.41. The van der Waals surface area contributed by atoms with E-state index in [1.807, 2.05) is 25.3 Å². The van der Waals surface area contributed by atoms with E-state index in [4.69, 9.17) is 5.11 Å². The van der Waals surface area contributed by atoms with Crippen LogP contribution >= 0.6 is 0 Å². The summed E-state index contributed by atoms with van der Waals surface area (Å²) in [5.41, 5.74) is 2.53. The molecule has 6 heteroatoms. The topological polar surface area (TPSA) is 84.2 Å². The summed E-state index contributed by atoms with van der Waals surface area (Å²) in [7, 11) is 0. The first-order chi connectivity index (χ1) is 11.0. The van der Waals surface area contributed by atoms with Crippen molar-refractivity contribution in [3.8, 4) is 5.69 Å². The molecule has 0 bridgehead atoms. The lowest BCUT2D eigenvalue weighted by atomic mass is 10.1. The van der Waals surface area contributed by atoms with Crippen molar-refractivity contribution in [2.75, 3.05) is 0 Å². The Hall–Kier alpha value is -2.63. The van der Waals surface area contributed by atoms with E-state index >= 15 is 0 Å². The number of hydrogen-bond donors (Lipinski definition) is 2. The van der Waals surface area contributed by atoms with E-state index < -0.39 is 5.97 Å². The zero-order valence-electron chi connectivity index (χ0n) is 12.9. The van der Waals surface area contributed by atoms with E-state index in [-0.39, 0.29) is 17.9 Å². The molecular weight excluding hydrogens is 294 g/mol. The second-order valence-corrected chi connectivity index (χ2v) is 6.03. The summed E-state index contributed by atoms with van der Waals surface area (Å²) in [6.07, 6.45) is 5.54. The highest BCUT2D eigenvalue weighted by Gasteiger charge is 2.30. The molecule has 0 radical (unpaired) electrons. The van der Waals surface area contributed by atoms with Crippen LogP contribution in [0.4, 0.5) is 0 Å². The molecule has 1 saturated carbocycles. The van der Waals surface area contributed by atoms with Gasteiger partial charge in [-0.05, 0) is 56.0 Å². The molecule has 23 heavy (non-hydrogen) atoms. The van der Waals surface area contributed by atoms with Crippen molar-refractivity contribution in [3.63, 3.8) is 0 Å². The van der Waals surface area contributed by atoms with E-state index in [1.165, 1.54) is 0 Å². The molecule has 2 N–H and O–H groups in total. The molecule has 1 aromatic carbocycles. The smallest absolute Gasteiger partial charge is 0.306 e. The SMILES string of the molecule is Cc1cnn(-c2ccc(C(=O)N[C@H]3CC[C@@H](C(=O)O)C3)cc2)c1. The van der Waals surface area contributed by atoms with Gasteiger partial charge in [0.05, 0.1) is 17.8 Å². The Morgan fingerprint density at radius 3 is 2.57 bits per heavy atom. The molecule has 1 aliphatic carbocycles. The molecule has 1 aliphatic rings. The number of carbonyl (C=O) groups is 2. The van der Waals surface area contributed by atoms with Gasteiger partial charge in [-0.3, -0.25) is 9.59 Å². The van der Waals surface area contributed by atoms with E-state index in [2.05, 4.69) is 10.4 Å². The minimum Gasteiger partial charge on any atom is -0.481 e. The fraction of sp³-hybridized carbons (Fsp3) is 0.353. The lowest BCUT2D eigenvalue weighted by Gasteiger charge is -2.12. The van der Waals surface area contributed by atoms with Gasteiger partial charge >= 0.3 is 5.97 Å². The third-order valence-electron chi connectivity index (χ3n) is 4.22. The van der Waals surface area contributed by atoms with Crippen molar-refractivity contribution >= 4 is 11.9 Å². The predicted molar refractivity (Wildman–Crippen MR) is 84.5 cm³/mol. The number of nitrogens with one attached hydrogen (secondary N) is 1. The molecule has 0 saturated heterocycles. The zero-order chi connectivity index (χ0) is 16.4. The van der Waals surface area contributed by atoms with Crippen LogP contribution in [0.2, 0.25) is 0 Å². The first-order valence-corrected chi connectivity index (χ1v) is 7.68. The fourth-order valence-electron chi connectivity index (χ4n) is 2.93. The highest BCUT2D eigenvalue weighted by atomic mass is 16.4. The van der Waals surface area contributed by atoms with Gasteiger partial charge in [0.15, 0.2) is 0 Å². The molecule has 2 aromatic rings. The van der Waals surface area contributed by atoms with E-state index in [1.54, 1.807) is 23.0 Å². The summed E-state index contributed by atoms with van der Waals surface area (Å²) in [5.74, 6) is -1.28. The standard InChI is InChI=1S/C17H19N3O3/c1-11-9-18-20(10-11)15-6-3-12(4-7-15)16(21)19-14-5-2-13(8-14)17(22)23/h3-4,6-7,9-10,13-14H,2,5,8H2,1H3,(H,19,21)(H,22,23)/t13-,14+/m1/s1. The molecule has 120 valence electrons. The van der Waals surface area contributed by atoms with Crippen molar-refractivity contribution in [2.24, 2.45) is 5.92 Å². The molecule has 0 spiro atoms. The number of nitrogens with zero attached hydrogens (tertiary/aromatic N) is 2. The number of rotatable bonds is 4. The quantitative estimate of drug-likeness (QED) is 0.906. The summed E-state index contributed by atoms with van der Waals surface area (Å²) in [6, 6.07) is 7.14. The van der Waals surface area contributed by atoms with Crippen LogP contribution in [0.25, 0.3) is 5.69 Å². The van der Waals surface area contributed by atoms with Crippen molar-refractivity contribution < 1.29 is 14.7 Å². The normalized spacial score (nSPS) is 20.4. The maximum Gasteiger partial charge on any atom is 0.306 e. The Morgan fingerprint density at radius 1 is 1.26 bits per heavy atom. The summed E-state index contributed by atoms with van der Waals surface area (Å²) >= 11 is 0. The molecule has 1 heterocycles. The predicted octanol–water partition coefficient (Wildman–Crippen LogP) is 2.16. The fourth-order valence-corrected chi connectivity index (χ4v) is 2.93. The molecule has 6 nitrogen and oxygen atoms in total. The number of aliphatic carboxylic acids is 1. The van der Waals surface area contributed by atoms with E-state index in [0.717, 1.165) is 11.3 Å². The van der Waals surface area contributed by atoms with Gasteiger partial charge in [-0.15, -0.1) is 0 Å². The molecule has 0 unspecified atom stereocenters. The largest absolute Gasteiger partial charge is 0.481 e. The minimum atomic E-state index is -0.777. The zero-order valence-corrected chi connectivity index (χ0v) is 12.9. The van der Waals surface area contributed by atoms with Gasteiger partial charge < -0.3 is 10.4 Å². The first-order valence-electron chi connectivity index (χ1n) is 7.68. The minimum absolute atomic E-state index is 0.0583. The number of amides is 1. The number of carboxylic acid groups (broad SMARTS) is 1. The van der Waals surface area contributed by atoms with Gasteiger partial charge in [0.25, 0.3) is 5.91 Å². The monoisotopic (exact) mass is 313 g/mol. The van der Waals surface area contributed by atoms with Gasteiger partial charge in [-0.2, -0.15) is 5.10 Å². The summed E-state index contributed by atoms with van der Waals surface area (Å²) < 4.78 is 1.76. The Labute approximate surface area is 134 Å². The molecule has 3 rings (SSSR count). The van der Waals surface area contributed by atoms with Crippen LogP contribution in [-0.4, -0.2) is 32.8 Å². The maximum absolute atomic E-state index is 12.2. The van der Waals surface area contributed by atoms with Gasteiger partial charge in [-0.25, -0.2) is 4.68 Å². The highest BCUT2D eigenvalue weighted by molar-refractivity contribution is 5.94. The molecule has 0 aliphatic heterocycles. The third-order valence-corrected chi connectivity index (χ3v) is 4.22. The number of carbonyl (C=O) groups excluding carboxylic acids is 1. The van der Waals surface area contributed by atoms with Gasteiger partial charge in [0, 0.05) is 17.8 Å². The summed E-state index contributed by atoms with van der Waals surface area (Å²) in [4.78, 5) is 23.2. The Kier molecular flexibility index (Phi) is 4.14. The van der Waals surface area contributed by atoms with Crippen LogP contribution in [0.1, 0.15) is 35.2 Å². The lowest BCUT2D eigenvalue weighted by molar-refractivity contribution is -0.141. The van der Waals surface area contributed by atoms with Crippen molar-refractivity contribution in [1.82, 2.24) is 15.1 Å². The van der Waals surface area contributed by atoms with Crippen molar-refractivity contribution in [3.05, 3.63) is 47.8 Å². The van der Waals surface area contributed by atoms with E-state index in [9.17, 15) is 9.59 Å². The summed E-state index contributed by atoms with van der Waals surface area (Å²) in [5, 5.41) is 16.1. The Morgan fingerprint density at radius 2 is 2.00 bits per heavy atom. The van der Waals surface area contributed by atoms with Crippen LogP contribution in [0, 0.1) is 12.8 Å². The molecule has 1 fully saturated rings. The number of aromatic nitrogens is 2. The van der Waals surface area contributed by atoms with Crippen molar-refractivity contribution in [1.29, 1.82) is 0 Å². The van der Waals surface area contributed by atoms with E-state index in [0.29, 0.717) is 24.8 Å². The van der Waals surface area contributed by atoms with Crippen molar-refractivity contribution in [2.45, 2.75) is 32.2 Å². The van der Waals surface area contributed by atoms with Crippen LogP contribution in [0.3, 0.4) is 0 Å². The lowest BCUT2D eigenvalue weighted by Crippen LogP contribution is -2.33. The second-order valence-electron chi connectivity index (χ2n) is 6.03. The first kappa shape index (κ1) is 15.3. The second kappa shape index (κ2) is 6.24. The Bertz CT molecular complexity index is 721. The number of aryl methyl sites for hydroxylation is 1. The molecular formula is C17H19N3O3. The number of hydrogen-bond acceptors (Lipinski definition) is 3. The van der Waals surface area contributed by atoms with Gasteiger partial charge in [0.1, 0.15) is 0 Å². The average Bonchev–Trinajstić information content (AvgIpc) is 3.16. The Balaban J connectivity index is 1.63. The van der Waals surface area contributed by atoms with Gasteiger partial charge in [-0.1, -0.05) is 0 Å². The van der Waals surface area contributed by atoms with Crippen LogP contribution in [-0.2, 0) is 4.79 Å². The molecule has 2 atom stereocenters. The van der Waals surface area contributed by atoms with Crippen LogP contribution < -0.4 is 5.32 Å². The van der Waals surface area contributed by atoms with Crippen LogP contribution in [0.15, 0.2) is 36.7 Å².